The molecule has 0 aromatic rings. The molecule has 0 amide bonds. The first-order valence-corrected chi connectivity index (χ1v) is 8.02. The minimum absolute atomic E-state index is 0.00877. The van der Waals surface area contributed by atoms with Crippen LogP contribution in [0.15, 0.2) is 23.3 Å². The Morgan fingerprint density at radius 2 is 1.83 bits per heavy atom. The van der Waals surface area contributed by atoms with E-state index in [-0.39, 0.29) is 24.2 Å². The Balaban J connectivity index is 2.36. The van der Waals surface area contributed by atoms with Crippen LogP contribution >= 0.6 is 0 Å². The van der Waals surface area contributed by atoms with Crippen LogP contribution < -0.4 is 0 Å². The number of esters is 3. The zero-order chi connectivity index (χ0) is 17.9. The molecule has 132 valence electrons. The smallest absolute Gasteiger partial charge is 0.323 e. The molecule has 6 nitrogen and oxygen atoms in total. The Bertz CT molecular complexity index is 585. The lowest BCUT2D eigenvalue weighted by Gasteiger charge is -2.23. The molecule has 6 heteroatoms. The van der Waals surface area contributed by atoms with Crippen molar-refractivity contribution in [2.24, 2.45) is 17.3 Å². The van der Waals surface area contributed by atoms with Crippen LogP contribution in [0.25, 0.3) is 0 Å². The fourth-order valence-electron chi connectivity index (χ4n) is 3.69. The van der Waals surface area contributed by atoms with E-state index in [2.05, 4.69) is 0 Å². The second-order valence-electron chi connectivity index (χ2n) is 6.42. The molecule has 0 aromatic heterocycles. The van der Waals surface area contributed by atoms with E-state index in [1.165, 1.54) is 21.1 Å². The van der Waals surface area contributed by atoms with Gasteiger partial charge in [0.05, 0.1) is 20.8 Å². The van der Waals surface area contributed by atoms with Crippen LogP contribution in [0.3, 0.4) is 0 Å². The van der Waals surface area contributed by atoms with E-state index in [0.29, 0.717) is 13.0 Å². The number of allylic oxidation sites excluding steroid dienone is 3. The number of carbonyl (C=O) groups excluding carboxylic acids is 3. The van der Waals surface area contributed by atoms with Crippen molar-refractivity contribution >= 4 is 17.9 Å². The van der Waals surface area contributed by atoms with E-state index in [0.717, 1.165) is 17.6 Å². The van der Waals surface area contributed by atoms with E-state index >= 15 is 0 Å². The van der Waals surface area contributed by atoms with Gasteiger partial charge in [0.2, 0.25) is 0 Å². The maximum absolute atomic E-state index is 12.3. The van der Waals surface area contributed by atoms with Crippen molar-refractivity contribution in [3.63, 3.8) is 0 Å². The fourth-order valence-corrected chi connectivity index (χ4v) is 3.69. The monoisotopic (exact) mass is 336 g/mol. The van der Waals surface area contributed by atoms with Crippen molar-refractivity contribution in [3.05, 3.63) is 23.3 Å². The predicted molar refractivity (Wildman–Crippen MR) is 85.8 cm³/mol. The van der Waals surface area contributed by atoms with Crippen LogP contribution in [0.1, 0.15) is 33.1 Å². The highest BCUT2D eigenvalue weighted by molar-refractivity contribution is 6.01. The fraction of sp³-hybridized carbons (Fsp3) is 0.611. The summed E-state index contributed by atoms with van der Waals surface area (Å²) in [5.74, 6) is -1.40. The van der Waals surface area contributed by atoms with Gasteiger partial charge in [0.25, 0.3) is 0 Å². The van der Waals surface area contributed by atoms with Crippen molar-refractivity contribution in [3.8, 4) is 0 Å². The summed E-state index contributed by atoms with van der Waals surface area (Å²) in [6.07, 6.45) is 5.45. The number of fused-ring (bicyclic) bond motifs is 1. The van der Waals surface area contributed by atoms with Gasteiger partial charge in [0.15, 0.2) is 5.41 Å². The van der Waals surface area contributed by atoms with E-state index < -0.39 is 17.4 Å². The Kier molecular flexibility index (Phi) is 5.47. The number of methoxy groups -OCH3 is 2. The first kappa shape index (κ1) is 18.2. The molecule has 0 saturated heterocycles. The average Bonchev–Trinajstić information content (AvgIpc) is 2.90. The van der Waals surface area contributed by atoms with Crippen LogP contribution in [0, 0.1) is 17.3 Å². The second kappa shape index (κ2) is 7.20. The molecule has 0 heterocycles. The summed E-state index contributed by atoms with van der Waals surface area (Å²) in [5, 5.41) is 0. The summed E-state index contributed by atoms with van der Waals surface area (Å²) in [5.41, 5.74) is 0.816. The molecule has 0 bridgehead atoms. The molecule has 0 spiro atoms. The van der Waals surface area contributed by atoms with E-state index in [4.69, 9.17) is 14.2 Å². The molecular weight excluding hydrogens is 312 g/mol. The summed E-state index contributed by atoms with van der Waals surface area (Å²) in [4.78, 5) is 35.7. The average molecular weight is 336 g/mol. The van der Waals surface area contributed by atoms with Gasteiger partial charge in [0, 0.05) is 12.8 Å². The molecular formula is C18H24O6. The van der Waals surface area contributed by atoms with Crippen LogP contribution in [-0.4, -0.2) is 38.7 Å². The third-order valence-electron chi connectivity index (χ3n) is 5.06. The summed E-state index contributed by atoms with van der Waals surface area (Å²) in [6.45, 7) is 3.66. The summed E-state index contributed by atoms with van der Waals surface area (Å²) < 4.78 is 14.9. The standard InChI is InChI=1S/C18H24O6/c1-11-14(10-24-12(2)19)7-5-6-13-8-18(9-15(11)13,16(20)22-3)17(21)23-4/h5-6,13-14H,7-10H2,1-4H3/t13-,14+/m0/s1. The number of hydrogen-bond donors (Lipinski definition) is 0. The lowest BCUT2D eigenvalue weighted by Crippen LogP contribution is -2.39. The summed E-state index contributed by atoms with van der Waals surface area (Å²) in [7, 11) is 2.56. The van der Waals surface area contributed by atoms with Crippen LogP contribution in [0.2, 0.25) is 0 Å². The molecule has 0 radical (unpaired) electrons. The molecule has 1 fully saturated rings. The molecule has 2 aliphatic rings. The van der Waals surface area contributed by atoms with Crippen molar-refractivity contribution in [2.75, 3.05) is 20.8 Å². The normalized spacial score (nSPS) is 24.8. The van der Waals surface area contributed by atoms with Gasteiger partial charge in [-0.3, -0.25) is 14.4 Å². The van der Waals surface area contributed by atoms with Gasteiger partial charge < -0.3 is 14.2 Å². The maximum atomic E-state index is 12.3. The zero-order valence-electron chi connectivity index (χ0n) is 14.6. The summed E-state index contributed by atoms with van der Waals surface area (Å²) in [6, 6.07) is 0. The van der Waals surface area contributed by atoms with Gasteiger partial charge in [-0.25, -0.2) is 0 Å². The van der Waals surface area contributed by atoms with E-state index in [9.17, 15) is 14.4 Å². The zero-order valence-corrected chi connectivity index (χ0v) is 14.6. The van der Waals surface area contributed by atoms with E-state index in [1.807, 2.05) is 19.1 Å². The number of ether oxygens (including phenoxy) is 3. The Morgan fingerprint density at radius 3 is 2.38 bits per heavy atom. The lowest BCUT2D eigenvalue weighted by atomic mass is 9.84. The second-order valence-corrected chi connectivity index (χ2v) is 6.42. The third-order valence-corrected chi connectivity index (χ3v) is 5.06. The number of carbonyl (C=O) groups is 3. The lowest BCUT2D eigenvalue weighted by molar-refractivity contribution is -0.168. The number of hydrogen-bond acceptors (Lipinski definition) is 6. The first-order chi connectivity index (χ1) is 11.4. The highest BCUT2D eigenvalue weighted by Crippen LogP contribution is 2.50. The van der Waals surface area contributed by atoms with Gasteiger partial charge in [-0.05, 0) is 32.1 Å². The molecule has 2 atom stereocenters. The van der Waals surface area contributed by atoms with Crippen molar-refractivity contribution in [2.45, 2.75) is 33.1 Å². The van der Waals surface area contributed by atoms with Crippen LogP contribution in [0.5, 0.6) is 0 Å². The third kappa shape index (κ3) is 3.23. The van der Waals surface area contributed by atoms with Crippen LogP contribution in [-0.2, 0) is 28.6 Å². The molecule has 0 unspecified atom stereocenters. The highest BCUT2D eigenvalue weighted by atomic mass is 16.5. The van der Waals surface area contributed by atoms with E-state index in [1.54, 1.807) is 0 Å². The topological polar surface area (TPSA) is 78.9 Å². The summed E-state index contributed by atoms with van der Waals surface area (Å²) >= 11 is 0. The molecule has 1 saturated carbocycles. The van der Waals surface area contributed by atoms with Crippen molar-refractivity contribution in [1.29, 1.82) is 0 Å². The molecule has 2 aliphatic carbocycles. The first-order valence-electron chi connectivity index (χ1n) is 8.02. The molecule has 0 aromatic carbocycles. The largest absolute Gasteiger partial charge is 0.468 e. The SMILES string of the molecule is COC(=O)C1(C(=O)OC)CC2=C(C)[C@@H](COC(C)=O)CC=C[C@H]2C1. The Morgan fingerprint density at radius 1 is 1.21 bits per heavy atom. The maximum Gasteiger partial charge on any atom is 0.323 e. The Labute approximate surface area is 141 Å². The highest BCUT2D eigenvalue weighted by Gasteiger charge is 2.55. The quantitative estimate of drug-likeness (QED) is 0.339. The molecule has 2 rings (SSSR count). The predicted octanol–water partition coefficient (Wildman–Crippen LogP) is 2.18. The van der Waals surface area contributed by atoms with Gasteiger partial charge in [-0.1, -0.05) is 23.3 Å². The van der Waals surface area contributed by atoms with Gasteiger partial charge in [-0.15, -0.1) is 0 Å². The Hall–Kier alpha value is -2.11. The van der Waals surface area contributed by atoms with Crippen molar-refractivity contribution < 1.29 is 28.6 Å². The molecule has 0 aliphatic heterocycles. The van der Waals surface area contributed by atoms with Gasteiger partial charge in [0.1, 0.15) is 0 Å². The molecule has 24 heavy (non-hydrogen) atoms. The van der Waals surface area contributed by atoms with Crippen LogP contribution in [0.4, 0.5) is 0 Å². The minimum Gasteiger partial charge on any atom is -0.468 e. The van der Waals surface area contributed by atoms with Gasteiger partial charge in [-0.2, -0.15) is 0 Å². The molecule has 0 N–H and O–H groups in total. The van der Waals surface area contributed by atoms with Crippen molar-refractivity contribution in [1.82, 2.24) is 0 Å². The van der Waals surface area contributed by atoms with Gasteiger partial charge >= 0.3 is 17.9 Å². The number of rotatable bonds is 4. The minimum atomic E-state index is -1.29.